The monoisotopic (exact) mass is 362 g/mol. The highest BCUT2D eigenvalue weighted by Crippen LogP contribution is 2.21. The molecule has 1 aliphatic heterocycles. The van der Waals surface area contributed by atoms with Gasteiger partial charge in [-0.15, -0.1) is 0 Å². The van der Waals surface area contributed by atoms with Gasteiger partial charge >= 0.3 is 11.9 Å². The third-order valence-corrected chi connectivity index (χ3v) is 4.95. The summed E-state index contributed by atoms with van der Waals surface area (Å²) >= 11 is 0. The molecule has 0 aliphatic carbocycles. The molecule has 1 unspecified atom stereocenters. The fourth-order valence-electron chi connectivity index (χ4n) is 3.36. The van der Waals surface area contributed by atoms with E-state index in [1.165, 1.54) is 4.90 Å². The van der Waals surface area contributed by atoms with Gasteiger partial charge in [-0.05, 0) is 45.1 Å². The van der Waals surface area contributed by atoms with Crippen molar-refractivity contribution >= 4 is 17.8 Å². The van der Waals surface area contributed by atoms with Crippen LogP contribution in [0.5, 0.6) is 0 Å². The van der Waals surface area contributed by atoms with Gasteiger partial charge in [0.15, 0.2) is 0 Å². The molecule has 1 aromatic carbocycles. The summed E-state index contributed by atoms with van der Waals surface area (Å²) < 4.78 is 0. The molecular weight excluding hydrogens is 336 g/mol. The first kappa shape index (κ1) is 19.9. The predicted molar refractivity (Wildman–Crippen MR) is 95.8 cm³/mol. The van der Waals surface area contributed by atoms with Crippen LogP contribution in [0.15, 0.2) is 30.3 Å². The zero-order valence-corrected chi connectivity index (χ0v) is 15.1. The molecule has 26 heavy (non-hydrogen) atoms. The molecule has 7 nitrogen and oxygen atoms in total. The van der Waals surface area contributed by atoms with Crippen molar-refractivity contribution in [3.63, 3.8) is 0 Å². The van der Waals surface area contributed by atoms with Gasteiger partial charge in [-0.3, -0.25) is 14.9 Å². The number of carbonyl (C=O) groups is 3. The van der Waals surface area contributed by atoms with E-state index in [4.69, 9.17) is 0 Å². The SMILES string of the molecule is C[C@H](NC(C)(CCc1ccccc1)C(=O)O)C(=O)N1CCC[C@H]1C(=O)O. The molecule has 1 heterocycles. The number of nitrogens with one attached hydrogen (secondary N) is 1. The molecule has 3 N–H and O–H groups in total. The molecule has 7 heteroatoms. The highest BCUT2D eigenvalue weighted by molar-refractivity contribution is 5.88. The molecule has 0 saturated carbocycles. The first-order valence-corrected chi connectivity index (χ1v) is 8.83. The van der Waals surface area contributed by atoms with E-state index < -0.39 is 29.6 Å². The Morgan fingerprint density at radius 2 is 1.92 bits per heavy atom. The average molecular weight is 362 g/mol. The van der Waals surface area contributed by atoms with Gasteiger partial charge in [0.05, 0.1) is 6.04 Å². The van der Waals surface area contributed by atoms with E-state index >= 15 is 0 Å². The molecule has 1 aliphatic rings. The molecule has 1 amide bonds. The number of carboxylic acid groups (broad SMARTS) is 2. The minimum Gasteiger partial charge on any atom is -0.480 e. The Kier molecular flexibility index (Phi) is 6.37. The molecule has 0 spiro atoms. The van der Waals surface area contributed by atoms with Gasteiger partial charge < -0.3 is 15.1 Å². The van der Waals surface area contributed by atoms with E-state index in [0.29, 0.717) is 32.2 Å². The van der Waals surface area contributed by atoms with Crippen molar-refractivity contribution in [2.45, 2.75) is 57.2 Å². The molecule has 2 rings (SSSR count). The highest BCUT2D eigenvalue weighted by Gasteiger charge is 2.40. The number of carbonyl (C=O) groups excluding carboxylic acids is 1. The number of carboxylic acids is 2. The Bertz CT molecular complexity index is 663. The summed E-state index contributed by atoms with van der Waals surface area (Å²) in [6.07, 6.45) is 1.93. The second kappa shape index (κ2) is 8.31. The van der Waals surface area contributed by atoms with Crippen molar-refractivity contribution in [2.24, 2.45) is 0 Å². The Morgan fingerprint density at radius 1 is 1.27 bits per heavy atom. The van der Waals surface area contributed by atoms with Gasteiger partial charge in [-0.2, -0.15) is 0 Å². The lowest BCUT2D eigenvalue weighted by Gasteiger charge is -2.32. The van der Waals surface area contributed by atoms with Crippen molar-refractivity contribution in [1.82, 2.24) is 10.2 Å². The predicted octanol–water partition coefficient (Wildman–Crippen LogP) is 1.52. The van der Waals surface area contributed by atoms with Crippen LogP contribution in [0.3, 0.4) is 0 Å². The van der Waals surface area contributed by atoms with Crippen LogP contribution in [0.4, 0.5) is 0 Å². The van der Waals surface area contributed by atoms with Crippen LogP contribution in [0, 0.1) is 0 Å². The number of benzene rings is 1. The summed E-state index contributed by atoms with van der Waals surface area (Å²) in [7, 11) is 0. The van der Waals surface area contributed by atoms with E-state index in [9.17, 15) is 24.6 Å². The second-order valence-electron chi connectivity index (χ2n) is 7.02. The van der Waals surface area contributed by atoms with Crippen molar-refractivity contribution in [3.05, 3.63) is 35.9 Å². The van der Waals surface area contributed by atoms with E-state index in [-0.39, 0.29) is 5.91 Å². The summed E-state index contributed by atoms with van der Waals surface area (Å²) in [4.78, 5) is 37.1. The maximum absolute atomic E-state index is 12.6. The third-order valence-electron chi connectivity index (χ3n) is 4.95. The highest BCUT2D eigenvalue weighted by atomic mass is 16.4. The molecule has 0 aromatic heterocycles. The standard InChI is InChI=1S/C19H26N2O5/c1-13(16(22)21-12-6-9-15(21)17(23)24)20-19(2,18(25)26)11-10-14-7-4-3-5-8-14/h3-5,7-8,13,15,20H,6,9-12H2,1-2H3,(H,23,24)(H,25,26)/t13-,15-,19?/m0/s1. The first-order valence-electron chi connectivity index (χ1n) is 8.83. The lowest BCUT2D eigenvalue weighted by Crippen LogP contribution is -2.58. The Morgan fingerprint density at radius 3 is 2.50 bits per heavy atom. The van der Waals surface area contributed by atoms with Crippen molar-refractivity contribution in [3.8, 4) is 0 Å². The molecular formula is C19H26N2O5. The van der Waals surface area contributed by atoms with E-state index in [2.05, 4.69) is 5.32 Å². The number of nitrogens with zero attached hydrogens (tertiary/aromatic N) is 1. The fourth-order valence-corrected chi connectivity index (χ4v) is 3.36. The van der Waals surface area contributed by atoms with Crippen LogP contribution in [0.25, 0.3) is 0 Å². The topological polar surface area (TPSA) is 107 Å². The van der Waals surface area contributed by atoms with Crippen LogP contribution < -0.4 is 5.32 Å². The maximum atomic E-state index is 12.6. The number of rotatable bonds is 8. The number of hydrogen-bond acceptors (Lipinski definition) is 4. The molecule has 1 fully saturated rings. The minimum atomic E-state index is -1.29. The van der Waals surface area contributed by atoms with Gasteiger partial charge in [0.1, 0.15) is 11.6 Å². The Labute approximate surface area is 153 Å². The number of amides is 1. The van der Waals surface area contributed by atoms with Gasteiger partial charge in [-0.25, -0.2) is 4.79 Å². The lowest BCUT2D eigenvalue weighted by molar-refractivity contribution is -0.150. The van der Waals surface area contributed by atoms with Crippen LogP contribution in [-0.4, -0.2) is 57.1 Å². The van der Waals surface area contributed by atoms with Crippen molar-refractivity contribution < 1.29 is 24.6 Å². The van der Waals surface area contributed by atoms with Crippen LogP contribution >= 0.6 is 0 Å². The summed E-state index contributed by atoms with van der Waals surface area (Å²) in [5.74, 6) is -2.43. The molecule has 1 saturated heterocycles. The zero-order chi connectivity index (χ0) is 19.3. The summed E-state index contributed by atoms with van der Waals surface area (Å²) in [6.45, 7) is 3.53. The molecule has 0 radical (unpaired) electrons. The zero-order valence-electron chi connectivity index (χ0n) is 15.1. The van der Waals surface area contributed by atoms with Gasteiger partial charge in [-0.1, -0.05) is 30.3 Å². The lowest BCUT2D eigenvalue weighted by atomic mass is 9.92. The Balaban J connectivity index is 2.04. The maximum Gasteiger partial charge on any atom is 0.326 e. The molecule has 1 aromatic rings. The summed E-state index contributed by atoms with van der Waals surface area (Å²) in [5.41, 5.74) is -0.269. The van der Waals surface area contributed by atoms with Crippen molar-refractivity contribution in [2.75, 3.05) is 6.54 Å². The third kappa shape index (κ3) is 4.60. The van der Waals surface area contributed by atoms with Crippen LogP contribution in [-0.2, 0) is 20.8 Å². The minimum absolute atomic E-state index is 0.312. The van der Waals surface area contributed by atoms with Crippen molar-refractivity contribution in [1.29, 1.82) is 0 Å². The van der Waals surface area contributed by atoms with Gasteiger partial charge in [0.25, 0.3) is 0 Å². The summed E-state index contributed by atoms with van der Waals surface area (Å²) in [5, 5.41) is 21.8. The molecule has 3 atom stereocenters. The van der Waals surface area contributed by atoms with E-state index in [1.54, 1.807) is 13.8 Å². The Hall–Kier alpha value is -2.41. The number of aliphatic carboxylic acids is 2. The largest absolute Gasteiger partial charge is 0.480 e. The van der Waals surface area contributed by atoms with Gasteiger partial charge in [0, 0.05) is 6.54 Å². The van der Waals surface area contributed by atoms with E-state index in [1.807, 2.05) is 30.3 Å². The number of aryl methyl sites for hydroxylation is 1. The normalized spacial score (nSPS) is 20.4. The smallest absolute Gasteiger partial charge is 0.326 e. The quantitative estimate of drug-likeness (QED) is 0.647. The first-order chi connectivity index (χ1) is 12.2. The van der Waals surface area contributed by atoms with E-state index in [0.717, 1.165) is 5.56 Å². The average Bonchev–Trinajstić information content (AvgIpc) is 3.10. The second-order valence-corrected chi connectivity index (χ2v) is 7.02. The molecule has 142 valence electrons. The number of likely N-dealkylation sites (tertiary alicyclic amines) is 1. The molecule has 0 bridgehead atoms. The summed E-state index contributed by atoms with van der Waals surface area (Å²) in [6, 6.07) is 7.93. The fraction of sp³-hybridized carbons (Fsp3) is 0.526. The van der Waals surface area contributed by atoms with Gasteiger partial charge in [0.2, 0.25) is 5.91 Å². The number of hydrogen-bond donors (Lipinski definition) is 3. The van der Waals surface area contributed by atoms with Crippen LogP contribution in [0.1, 0.15) is 38.7 Å². The van der Waals surface area contributed by atoms with Crippen LogP contribution in [0.2, 0.25) is 0 Å².